The minimum absolute atomic E-state index is 0.398. The Balaban J connectivity index is 1.96. The Morgan fingerprint density at radius 2 is 1.57 bits per heavy atom. The lowest BCUT2D eigenvalue weighted by molar-refractivity contribution is -0.110. The average molecular weight is 285 g/mol. The highest BCUT2D eigenvalue weighted by molar-refractivity contribution is 5.66. The van der Waals surface area contributed by atoms with Gasteiger partial charge in [-0.05, 0) is 11.1 Å². The zero-order chi connectivity index (χ0) is 14.9. The lowest BCUT2D eigenvalue weighted by Crippen LogP contribution is -2.29. The monoisotopic (exact) mass is 285 g/mol. The van der Waals surface area contributed by atoms with E-state index >= 15 is 0 Å². The molecule has 0 aliphatic carbocycles. The summed E-state index contributed by atoms with van der Waals surface area (Å²) < 4.78 is 11.0. The van der Waals surface area contributed by atoms with Crippen LogP contribution in [-0.4, -0.2) is 19.4 Å². The molecule has 0 heterocycles. The maximum Gasteiger partial charge on any atom is 0.409 e. The molecule has 0 fully saturated rings. The highest BCUT2D eigenvalue weighted by Gasteiger charge is 2.15. The number of benzene rings is 2. The zero-order valence-electron chi connectivity index (χ0n) is 12.0. The summed E-state index contributed by atoms with van der Waals surface area (Å²) in [4.78, 5) is 11.4. The van der Waals surface area contributed by atoms with Crippen molar-refractivity contribution in [1.82, 2.24) is 5.32 Å². The molecule has 1 amide bonds. The summed E-state index contributed by atoms with van der Waals surface area (Å²) >= 11 is 0. The standard InChI is InChI=1S/C17H19NO3/c1-18-17(19)21-16(12-14-8-4-2-5-9-14)20-13-15-10-6-3-7-11-15/h2-11,16H,12-13H2,1H3,(H,18,19). The van der Waals surface area contributed by atoms with Crippen LogP contribution >= 0.6 is 0 Å². The summed E-state index contributed by atoms with van der Waals surface area (Å²) in [6.07, 6.45) is -0.599. The van der Waals surface area contributed by atoms with Gasteiger partial charge in [0.2, 0.25) is 6.29 Å². The van der Waals surface area contributed by atoms with Crippen molar-refractivity contribution < 1.29 is 14.3 Å². The van der Waals surface area contributed by atoms with Crippen LogP contribution in [0.3, 0.4) is 0 Å². The van der Waals surface area contributed by atoms with Crippen molar-refractivity contribution in [1.29, 1.82) is 0 Å². The molecule has 2 rings (SSSR count). The number of hydrogen-bond donors (Lipinski definition) is 1. The van der Waals surface area contributed by atoms with E-state index < -0.39 is 12.4 Å². The van der Waals surface area contributed by atoms with Crippen molar-refractivity contribution in [3.05, 3.63) is 71.8 Å². The maximum atomic E-state index is 11.4. The third-order valence-corrected chi connectivity index (χ3v) is 2.97. The Morgan fingerprint density at radius 1 is 1.00 bits per heavy atom. The molecule has 1 N–H and O–H groups in total. The van der Waals surface area contributed by atoms with E-state index in [0.717, 1.165) is 11.1 Å². The molecular weight excluding hydrogens is 266 g/mol. The van der Waals surface area contributed by atoms with Gasteiger partial charge in [-0.25, -0.2) is 4.79 Å². The summed E-state index contributed by atoms with van der Waals surface area (Å²) in [5.74, 6) is 0. The highest BCUT2D eigenvalue weighted by atomic mass is 16.7. The van der Waals surface area contributed by atoms with Gasteiger partial charge >= 0.3 is 6.09 Å². The summed E-state index contributed by atoms with van der Waals surface area (Å²) in [6, 6.07) is 19.6. The van der Waals surface area contributed by atoms with Crippen molar-refractivity contribution in [2.45, 2.75) is 19.3 Å². The second-order valence-electron chi connectivity index (χ2n) is 4.57. The van der Waals surface area contributed by atoms with Crippen molar-refractivity contribution in [3.8, 4) is 0 Å². The van der Waals surface area contributed by atoms with E-state index in [-0.39, 0.29) is 0 Å². The van der Waals surface area contributed by atoms with E-state index in [2.05, 4.69) is 5.32 Å². The molecule has 0 bridgehead atoms. The molecule has 110 valence electrons. The summed E-state index contributed by atoms with van der Waals surface area (Å²) in [6.45, 7) is 0.398. The molecule has 0 aromatic heterocycles. The van der Waals surface area contributed by atoms with Gasteiger partial charge in [0.25, 0.3) is 0 Å². The maximum absolute atomic E-state index is 11.4. The first-order valence-corrected chi connectivity index (χ1v) is 6.86. The molecule has 4 heteroatoms. The minimum Gasteiger partial charge on any atom is -0.419 e. The fraction of sp³-hybridized carbons (Fsp3) is 0.235. The fourth-order valence-electron chi connectivity index (χ4n) is 1.88. The number of hydrogen-bond acceptors (Lipinski definition) is 3. The number of carbonyl (C=O) groups is 1. The zero-order valence-corrected chi connectivity index (χ0v) is 12.0. The van der Waals surface area contributed by atoms with Gasteiger partial charge in [-0.2, -0.15) is 0 Å². The van der Waals surface area contributed by atoms with Crippen LogP contribution in [0.15, 0.2) is 60.7 Å². The van der Waals surface area contributed by atoms with E-state index in [0.29, 0.717) is 13.0 Å². The van der Waals surface area contributed by atoms with Gasteiger partial charge in [0.05, 0.1) is 6.61 Å². The van der Waals surface area contributed by atoms with Crippen LogP contribution in [0.2, 0.25) is 0 Å². The van der Waals surface area contributed by atoms with Crippen LogP contribution in [0.4, 0.5) is 4.79 Å². The Morgan fingerprint density at radius 3 is 2.14 bits per heavy atom. The quantitative estimate of drug-likeness (QED) is 0.829. The SMILES string of the molecule is CNC(=O)OC(Cc1ccccc1)OCc1ccccc1. The van der Waals surface area contributed by atoms with Gasteiger partial charge in [-0.3, -0.25) is 0 Å². The van der Waals surface area contributed by atoms with Crippen LogP contribution in [0.25, 0.3) is 0 Å². The largest absolute Gasteiger partial charge is 0.419 e. The van der Waals surface area contributed by atoms with Gasteiger partial charge < -0.3 is 14.8 Å². The first-order valence-electron chi connectivity index (χ1n) is 6.86. The molecule has 2 aromatic rings. The normalized spacial score (nSPS) is 11.7. The Labute approximate surface area is 124 Å². The molecule has 0 saturated heterocycles. The van der Waals surface area contributed by atoms with E-state index in [1.165, 1.54) is 7.05 Å². The van der Waals surface area contributed by atoms with E-state index in [9.17, 15) is 4.79 Å². The minimum atomic E-state index is -0.618. The fourth-order valence-corrected chi connectivity index (χ4v) is 1.88. The second-order valence-corrected chi connectivity index (χ2v) is 4.57. The van der Waals surface area contributed by atoms with Crippen LogP contribution < -0.4 is 5.32 Å². The average Bonchev–Trinajstić information content (AvgIpc) is 2.54. The predicted molar refractivity (Wildman–Crippen MR) is 80.7 cm³/mol. The molecule has 0 radical (unpaired) electrons. The van der Waals surface area contributed by atoms with Gasteiger partial charge in [0.1, 0.15) is 0 Å². The lowest BCUT2D eigenvalue weighted by atomic mass is 10.1. The van der Waals surface area contributed by atoms with Crippen molar-refractivity contribution >= 4 is 6.09 Å². The lowest BCUT2D eigenvalue weighted by Gasteiger charge is -2.18. The van der Waals surface area contributed by atoms with Crippen molar-refractivity contribution in [2.75, 3.05) is 7.05 Å². The van der Waals surface area contributed by atoms with Crippen molar-refractivity contribution in [2.24, 2.45) is 0 Å². The number of carbonyl (C=O) groups excluding carboxylic acids is 1. The third kappa shape index (κ3) is 5.28. The molecule has 0 aliphatic heterocycles. The molecule has 1 unspecified atom stereocenters. The van der Waals surface area contributed by atoms with E-state index in [1.807, 2.05) is 60.7 Å². The van der Waals surface area contributed by atoms with Crippen molar-refractivity contribution in [3.63, 3.8) is 0 Å². The first kappa shape index (κ1) is 15.1. The molecule has 0 saturated carbocycles. The van der Waals surface area contributed by atoms with Gasteiger partial charge in [0.15, 0.2) is 0 Å². The van der Waals surface area contributed by atoms with Crippen LogP contribution in [0, 0.1) is 0 Å². The van der Waals surface area contributed by atoms with Crippen LogP contribution in [0.5, 0.6) is 0 Å². The molecule has 4 nitrogen and oxygen atoms in total. The van der Waals surface area contributed by atoms with Gasteiger partial charge in [-0.15, -0.1) is 0 Å². The topological polar surface area (TPSA) is 47.6 Å². The molecular formula is C17H19NO3. The molecule has 21 heavy (non-hydrogen) atoms. The van der Waals surface area contributed by atoms with E-state index in [1.54, 1.807) is 0 Å². The Kier molecular flexibility index (Phi) is 5.79. The van der Waals surface area contributed by atoms with Gasteiger partial charge in [-0.1, -0.05) is 60.7 Å². The third-order valence-electron chi connectivity index (χ3n) is 2.97. The molecule has 0 aliphatic rings. The summed E-state index contributed by atoms with van der Waals surface area (Å²) in [5, 5.41) is 2.44. The molecule has 1 atom stereocenters. The van der Waals surface area contributed by atoms with Crippen LogP contribution in [-0.2, 0) is 22.5 Å². The predicted octanol–water partition coefficient (Wildman–Crippen LogP) is 3.13. The smallest absolute Gasteiger partial charge is 0.409 e. The first-order chi connectivity index (χ1) is 10.3. The number of ether oxygens (including phenoxy) is 2. The van der Waals surface area contributed by atoms with E-state index in [4.69, 9.17) is 9.47 Å². The highest BCUT2D eigenvalue weighted by Crippen LogP contribution is 2.10. The second kappa shape index (κ2) is 8.07. The summed E-state index contributed by atoms with van der Waals surface area (Å²) in [5.41, 5.74) is 2.09. The summed E-state index contributed by atoms with van der Waals surface area (Å²) in [7, 11) is 1.53. The number of nitrogens with one attached hydrogen (secondary N) is 1. The molecule has 0 spiro atoms. The number of alkyl carbamates (subject to hydrolysis) is 1. The Bertz CT molecular complexity index is 542. The molecule has 2 aromatic carbocycles. The Hall–Kier alpha value is -2.33. The van der Waals surface area contributed by atoms with Crippen LogP contribution in [0.1, 0.15) is 11.1 Å². The number of rotatable bonds is 6. The van der Waals surface area contributed by atoms with Gasteiger partial charge in [0, 0.05) is 13.5 Å². The number of amides is 1.